The summed E-state index contributed by atoms with van der Waals surface area (Å²) in [6.45, 7) is 2.15. The monoisotopic (exact) mass is 521 g/mol. The third-order valence-corrected chi connectivity index (χ3v) is 6.60. The molecular formula is C28H28BrNO4. The summed E-state index contributed by atoms with van der Waals surface area (Å²) in [6, 6.07) is 23.6. The fourth-order valence-corrected chi connectivity index (χ4v) is 4.77. The Labute approximate surface area is 208 Å². The molecule has 1 aliphatic heterocycles. The maximum atomic E-state index is 13.2. The molecular weight excluding hydrogens is 494 g/mol. The van der Waals surface area contributed by atoms with Crippen LogP contribution in [-0.2, 0) is 24.1 Å². The number of hydrogen-bond acceptors (Lipinski definition) is 3. The number of carboxylic acids is 1. The van der Waals surface area contributed by atoms with Gasteiger partial charge in [0.2, 0.25) is 0 Å². The zero-order valence-corrected chi connectivity index (χ0v) is 20.8. The zero-order chi connectivity index (χ0) is 24.1. The molecule has 1 heterocycles. The molecule has 0 spiro atoms. The molecule has 1 aliphatic rings. The number of amides is 1. The van der Waals surface area contributed by atoms with Crippen LogP contribution in [0.2, 0.25) is 0 Å². The second-order valence-electron chi connectivity index (χ2n) is 9.06. The van der Waals surface area contributed by atoms with E-state index in [2.05, 4.69) is 35.0 Å². The van der Waals surface area contributed by atoms with Crippen LogP contribution < -0.4 is 4.74 Å². The van der Waals surface area contributed by atoms with Crippen LogP contribution in [0, 0.1) is 0 Å². The molecule has 1 unspecified atom stereocenters. The first-order valence-corrected chi connectivity index (χ1v) is 12.2. The Kier molecular flexibility index (Phi) is 7.37. The minimum Gasteiger partial charge on any atom is -0.487 e. The third-order valence-electron chi connectivity index (χ3n) is 6.07. The van der Waals surface area contributed by atoms with Gasteiger partial charge in [-0.1, -0.05) is 58.4 Å². The highest BCUT2D eigenvalue weighted by Gasteiger charge is 2.35. The topological polar surface area (TPSA) is 66.8 Å². The number of carboxylic acid groups (broad SMARTS) is 1. The molecule has 1 atom stereocenters. The van der Waals surface area contributed by atoms with Crippen molar-refractivity contribution in [3.63, 3.8) is 0 Å². The van der Waals surface area contributed by atoms with E-state index in [1.807, 2.05) is 54.6 Å². The van der Waals surface area contributed by atoms with Gasteiger partial charge >= 0.3 is 5.97 Å². The maximum absolute atomic E-state index is 13.2. The van der Waals surface area contributed by atoms with E-state index in [-0.39, 0.29) is 12.5 Å². The first-order valence-electron chi connectivity index (χ1n) is 11.4. The summed E-state index contributed by atoms with van der Waals surface area (Å²) >= 11 is 3.47. The van der Waals surface area contributed by atoms with Gasteiger partial charge in [-0.2, -0.15) is 0 Å². The van der Waals surface area contributed by atoms with Gasteiger partial charge in [-0.3, -0.25) is 9.59 Å². The summed E-state index contributed by atoms with van der Waals surface area (Å²) in [7, 11) is 0. The number of carbonyl (C=O) groups excluding carboxylic acids is 1. The number of ether oxygens (including phenoxy) is 1. The molecule has 4 rings (SSSR count). The number of aryl methyl sites for hydroxylation is 1. The van der Waals surface area contributed by atoms with Crippen LogP contribution in [-0.4, -0.2) is 40.6 Å². The fourth-order valence-electron chi connectivity index (χ4n) is 4.50. The van der Waals surface area contributed by atoms with Gasteiger partial charge in [0.25, 0.3) is 5.91 Å². The Balaban J connectivity index is 1.44. The summed E-state index contributed by atoms with van der Waals surface area (Å²) < 4.78 is 7.31. The van der Waals surface area contributed by atoms with Gasteiger partial charge < -0.3 is 14.7 Å². The highest BCUT2D eigenvalue weighted by atomic mass is 79.9. The van der Waals surface area contributed by atoms with Gasteiger partial charge in [-0.15, -0.1) is 0 Å². The maximum Gasteiger partial charge on any atom is 0.323 e. The Morgan fingerprint density at radius 3 is 2.47 bits per heavy atom. The molecule has 0 saturated carbocycles. The van der Waals surface area contributed by atoms with E-state index in [0.717, 1.165) is 28.6 Å². The second kappa shape index (κ2) is 10.4. The Morgan fingerprint density at radius 1 is 1.03 bits per heavy atom. The van der Waals surface area contributed by atoms with Crippen LogP contribution in [0.3, 0.4) is 0 Å². The molecule has 5 nitrogen and oxygen atoms in total. The van der Waals surface area contributed by atoms with Crippen molar-refractivity contribution in [2.45, 2.75) is 38.2 Å². The lowest BCUT2D eigenvalue weighted by Gasteiger charge is -2.24. The lowest BCUT2D eigenvalue weighted by atomic mass is 9.91. The van der Waals surface area contributed by atoms with E-state index in [1.165, 1.54) is 16.0 Å². The predicted octanol–water partition coefficient (Wildman–Crippen LogP) is 5.55. The number of benzene rings is 3. The van der Waals surface area contributed by atoms with Crippen molar-refractivity contribution in [1.82, 2.24) is 4.90 Å². The van der Waals surface area contributed by atoms with Gasteiger partial charge in [0, 0.05) is 29.4 Å². The largest absolute Gasteiger partial charge is 0.487 e. The normalized spacial score (nSPS) is 16.5. The number of nitrogens with zero attached hydrogens (tertiary/aromatic N) is 1. The van der Waals surface area contributed by atoms with Crippen molar-refractivity contribution in [3.8, 4) is 5.75 Å². The average molecular weight is 522 g/mol. The Hall–Kier alpha value is -3.12. The fraction of sp³-hybridized carbons (Fsp3) is 0.286. The van der Waals surface area contributed by atoms with E-state index < -0.39 is 11.6 Å². The van der Waals surface area contributed by atoms with Crippen molar-refractivity contribution in [2.24, 2.45) is 0 Å². The number of aliphatic carboxylic acids is 1. The van der Waals surface area contributed by atoms with E-state index >= 15 is 0 Å². The van der Waals surface area contributed by atoms with Crippen molar-refractivity contribution in [1.29, 1.82) is 0 Å². The molecule has 0 bridgehead atoms. The highest BCUT2D eigenvalue weighted by molar-refractivity contribution is 9.10. The number of fused-ring (bicyclic) bond motifs is 1. The predicted molar refractivity (Wildman–Crippen MR) is 135 cm³/mol. The van der Waals surface area contributed by atoms with Gasteiger partial charge in [0.15, 0.2) is 0 Å². The molecule has 0 saturated heterocycles. The molecule has 1 amide bonds. The minimum absolute atomic E-state index is 0.264. The number of halogens is 1. The van der Waals surface area contributed by atoms with Crippen LogP contribution in [0.5, 0.6) is 5.75 Å². The summed E-state index contributed by atoms with van der Waals surface area (Å²) in [5.74, 6) is -0.496. The number of rotatable bonds is 9. The molecule has 0 aromatic heterocycles. The van der Waals surface area contributed by atoms with Crippen molar-refractivity contribution < 1.29 is 19.4 Å². The van der Waals surface area contributed by atoms with Crippen molar-refractivity contribution in [3.05, 3.63) is 99.5 Å². The van der Waals surface area contributed by atoms with Crippen molar-refractivity contribution in [2.75, 3.05) is 13.1 Å². The van der Waals surface area contributed by atoms with Crippen molar-refractivity contribution >= 4 is 27.8 Å². The molecule has 0 fully saturated rings. The lowest BCUT2D eigenvalue weighted by molar-refractivity contribution is -0.137. The smallest absolute Gasteiger partial charge is 0.323 e. The molecule has 176 valence electrons. The lowest BCUT2D eigenvalue weighted by Crippen LogP contribution is -2.36. The summed E-state index contributed by atoms with van der Waals surface area (Å²) in [5, 5.41) is 9.36. The molecule has 6 heteroatoms. The van der Waals surface area contributed by atoms with Gasteiger partial charge in [-0.25, -0.2) is 0 Å². The molecule has 0 aliphatic carbocycles. The molecule has 3 aromatic rings. The summed E-state index contributed by atoms with van der Waals surface area (Å²) in [6.07, 6.45) is 2.92. The van der Waals surface area contributed by atoms with Crippen LogP contribution in [0.25, 0.3) is 0 Å². The Morgan fingerprint density at radius 2 is 1.76 bits per heavy atom. The van der Waals surface area contributed by atoms with Gasteiger partial charge in [0.1, 0.15) is 17.9 Å². The molecule has 1 N–H and O–H groups in total. The quantitative estimate of drug-likeness (QED) is 0.401. The van der Waals surface area contributed by atoms with E-state index in [9.17, 15) is 14.7 Å². The summed E-state index contributed by atoms with van der Waals surface area (Å²) in [5.41, 5.74) is 3.43. The first kappa shape index (κ1) is 24.0. The SMILES string of the molecule is CC1(Cc2ccc(Br)cc2)Cc2cc(C(=O)N(CCCc3ccccc3)CC(=O)O)ccc2O1. The van der Waals surface area contributed by atoms with Crippen LogP contribution in [0.4, 0.5) is 0 Å². The average Bonchev–Trinajstić information content (AvgIpc) is 3.15. The van der Waals surface area contributed by atoms with Crippen LogP contribution >= 0.6 is 15.9 Å². The third kappa shape index (κ3) is 6.06. The van der Waals surface area contributed by atoms with E-state index in [4.69, 9.17) is 4.74 Å². The second-order valence-corrected chi connectivity index (χ2v) is 9.98. The number of carbonyl (C=O) groups is 2. The Bertz CT molecular complexity index is 1160. The number of hydrogen-bond donors (Lipinski definition) is 1. The van der Waals surface area contributed by atoms with E-state index in [1.54, 1.807) is 6.07 Å². The molecule has 3 aromatic carbocycles. The van der Waals surface area contributed by atoms with E-state index in [0.29, 0.717) is 24.9 Å². The zero-order valence-electron chi connectivity index (χ0n) is 19.2. The van der Waals surface area contributed by atoms with Gasteiger partial charge in [-0.05, 0) is 66.8 Å². The molecule has 34 heavy (non-hydrogen) atoms. The highest BCUT2D eigenvalue weighted by Crippen LogP contribution is 2.37. The van der Waals surface area contributed by atoms with Crippen LogP contribution in [0.1, 0.15) is 40.4 Å². The standard InChI is InChI=1S/C28H28BrNO4/c1-28(17-21-9-12-24(29)13-10-21)18-23-16-22(11-14-25(23)34-28)27(33)30(19-26(31)32)15-5-8-20-6-3-2-4-7-20/h2-4,6-7,9-14,16H,5,8,15,17-19H2,1H3,(H,31,32). The molecule has 0 radical (unpaired) electrons. The summed E-state index contributed by atoms with van der Waals surface area (Å²) in [4.78, 5) is 26.1. The van der Waals surface area contributed by atoms with Crippen LogP contribution in [0.15, 0.2) is 77.3 Å². The first-order chi connectivity index (χ1) is 16.3. The van der Waals surface area contributed by atoms with Gasteiger partial charge in [0.05, 0.1) is 0 Å². The minimum atomic E-state index is -1.01.